The normalized spacial score (nSPS) is 12.4. The van der Waals surface area contributed by atoms with Crippen LogP contribution in [-0.4, -0.2) is 6.04 Å². The van der Waals surface area contributed by atoms with E-state index in [0.717, 1.165) is 6.42 Å². The second-order valence-corrected chi connectivity index (χ2v) is 7.58. The Kier molecular flexibility index (Phi) is 10.1. The van der Waals surface area contributed by atoms with Crippen LogP contribution < -0.4 is 5.73 Å². The van der Waals surface area contributed by atoms with E-state index in [4.69, 9.17) is 5.73 Å². The minimum absolute atomic E-state index is 0.185. The average molecular weight is 352 g/mol. The summed E-state index contributed by atoms with van der Waals surface area (Å²) < 4.78 is 0. The van der Waals surface area contributed by atoms with Crippen LogP contribution in [0.1, 0.15) is 88.2 Å². The molecule has 26 heavy (non-hydrogen) atoms. The molecular weight excluding hydrogens is 314 g/mol. The molecule has 0 amide bonds. The summed E-state index contributed by atoms with van der Waals surface area (Å²) in [5.41, 5.74) is 9.35. The molecule has 0 aliphatic carbocycles. The van der Waals surface area contributed by atoms with Crippen molar-refractivity contribution in [1.82, 2.24) is 0 Å². The van der Waals surface area contributed by atoms with Crippen LogP contribution in [0.25, 0.3) is 0 Å². The number of benzene rings is 2. The van der Waals surface area contributed by atoms with Gasteiger partial charge in [-0.15, -0.1) is 0 Å². The predicted molar refractivity (Wildman–Crippen MR) is 115 cm³/mol. The van der Waals surface area contributed by atoms with Crippen LogP contribution in [0.15, 0.2) is 60.7 Å². The molecule has 0 aliphatic rings. The van der Waals surface area contributed by atoms with Gasteiger partial charge < -0.3 is 5.73 Å². The Morgan fingerprint density at radius 1 is 0.615 bits per heavy atom. The Hall–Kier alpha value is -1.60. The maximum absolute atomic E-state index is 6.68. The van der Waals surface area contributed by atoms with Gasteiger partial charge in [-0.1, -0.05) is 125 Å². The average Bonchev–Trinajstić information content (AvgIpc) is 2.68. The maximum atomic E-state index is 6.68. The maximum Gasteiger partial charge on any atom is 0.0241 e. The zero-order valence-electron chi connectivity index (χ0n) is 16.6. The largest absolute Gasteiger partial charge is 0.327 e. The lowest BCUT2D eigenvalue weighted by Crippen LogP contribution is -2.29. The van der Waals surface area contributed by atoms with Gasteiger partial charge in [0.25, 0.3) is 0 Å². The van der Waals surface area contributed by atoms with Crippen molar-refractivity contribution in [1.29, 1.82) is 0 Å². The van der Waals surface area contributed by atoms with Crippen molar-refractivity contribution in [2.75, 3.05) is 0 Å². The lowest BCUT2D eigenvalue weighted by Gasteiger charge is -2.25. The van der Waals surface area contributed by atoms with Gasteiger partial charge in [0.05, 0.1) is 0 Å². The number of hydrogen-bond acceptors (Lipinski definition) is 1. The van der Waals surface area contributed by atoms with E-state index in [1.54, 1.807) is 0 Å². The van der Waals surface area contributed by atoms with Crippen LogP contribution in [0.5, 0.6) is 0 Å². The third-order valence-electron chi connectivity index (χ3n) is 5.39. The highest BCUT2D eigenvalue weighted by Gasteiger charge is 2.21. The highest BCUT2D eigenvalue weighted by atomic mass is 14.6. The predicted octanol–water partition coefficient (Wildman–Crippen LogP) is 7.07. The zero-order valence-corrected chi connectivity index (χ0v) is 16.6. The quantitative estimate of drug-likeness (QED) is 0.384. The van der Waals surface area contributed by atoms with Gasteiger partial charge in [-0.05, 0) is 17.5 Å². The molecule has 1 nitrogen and oxygen atoms in total. The van der Waals surface area contributed by atoms with E-state index in [1.807, 2.05) is 0 Å². The standard InChI is InChI=1S/C25H37N/c1-2-3-4-5-6-7-8-9-16-21-24(26)25(22-17-12-10-13-18-22)23-19-14-11-15-20-23/h10-15,17-20,24-25H,2-9,16,21,26H2,1H3. The number of nitrogens with two attached hydrogens (primary N) is 1. The van der Waals surface area contributed by atoms with Crippen LogP contribution in [0.3, 0.4) is 0 Å². The summed E-state index contributed by atoms with van der Waals surface area (Å²) in [6, 6.07) is 21.7. The topological polar surface area (TPSA) is 26.0 Å². The molecule has 0 radical (unpaired) electrons. The van der Waals surface area contributed by atoms with Gasteiger partial charge in [0, 0.05) is 12.0 Å². The van der Waals surface area contributed by atoms with Crippen molar-refractivity contribution in [2.45, 2.75) is 83.1 Å². The van der Waals surface area contributed by atoms with Gasteiger partial charge in [0.2, 0.25) is 0 Å². The van der Waals surface area contributed by atoms with Gasteiger partial charge in [-0.25, -0.2) is 0 Å². The second kappa shape index (κ2) is 12.7. The fourth-order valence-electron chi connectivity index (χ4n) is 3.86. The molecule has 0 fully saturated rings. The van der Waals surface area contributed by atoms with Crippen LogP contribution in [0.2, 0.25) is 0 Å². The molecule has 2 rings (SSSR count). The molecule has 2 N–H and O–H groups in total. The molecule has 0 spiro atoms. The summed E-state index contributed by atoms with van der Waals surface area (Å²) in [6.45, 7) is 2.28. The molecule has 1 atom stereocenters. The summed E-state index contributed by atoms with van der Waals surface area (Å²) in [5, 5.41) is 0. The van der Waals surface area contributed by atoms with E-state index in [0.29, 0.717) is 5.92 Å². The Morgan fingerprint density at radius 2 is 1.04 bits per heavy atom. The SMILES string of the molecule is CCCCCCCCCCCC(N)C(c1ccccc1)c1ccccc1. The minimum atomic E-state index is 0.185. The van der Waals surface area contributed by atoms with Crippen LogP contribution in [0, 0.1) is 0 Å². The van der Waals surface area contributed by atoms with Crippen LogP contribution in [-0.2, 0) is 0 Å². The fraction of sp³-hybridized carbons (Fsp3) is 0.520. The molecule has 1 heteroatoms. The summed E-state index contributed by atoms with van der Waals surface area (Å²) in [6.07, 6.45) is 13.4. The van der Waals surface area contributed by atoms with Crippen LogP contribution in [0.4, 0.5) is 0 Å². The molecule has 0 saturated heterocycles. The van der Waals surface area contributed by atoms with E-state index < -0.39 is 0 Å². The molecule has 0 aromatic heterocycles. The molecule has 0 bridgehead atoms. The van der Waals surface area contributed by atoms with E-state index >= 15 is 0 Å². The lowest BCUT2D eigenvalue weighted by atomic mass is 9.83. The number of rotatable bonds is 13. The summed E-state index contributed by atoms with van der Waals surface area (Å²) >= 11 is 0. The minimum Gasteiger partial charge on any atom is -0.327 e. The van der Waals surface area contributed by atoms with E-state index in [2.05, 4.69) is 67.6 Å². The number of unbranched alkanes of at least 4 members (excludes halogenated alkanes) is 8. The fourth-order valence-corrected chi connectivity index (χ4v) is 3.86. The molecule has 2 aromatic carbocycles. The van der Waals surface area contributed by atoms with Crippen molar-refractivity contribution in [2.24, 2.45) is 5.73 Å². The smallest absolute Gasteiger partial charge is 0.0241 e. The van der Waals surface area contributed by atoms with Crippen molar-refractivity contribution >= 4 is 0 Å². The second-order valence-electron chi connectivity index (χ2n) is 7.58. The van der Waals surface area contributed by atoms with Crippen molar-refractivity contribution < 1.29 is 0 Å². The van der Waals surface area contributed by atoms with Crippen LogP contribution >= 0.6 is 0 Å². The first-order chi connectivity index (χ1) is 12.8. The Labute approximate surface area is 161 Å². The molecular formula is C25H37N. The van der Waals surface area contributed by atoms with E-state index in [1.165, 1.54) is 68.9 Å². The molecule has 0 heterocycles. The van der Waals surface area contributed by atoms with Gasteiger partial charge >= 0.3 is 0 Å². The monoisotopic (exact) mass is 351 g/mol. The van der Waals surface area contributed by atoms with Gasteiger partial charge in [0.15, 0.2) is 0 Å². The Bertz CT molecular complexity index is 524. The van der Waals surface area contributed by atoms with Gasteiger partial charge in [-0.3, -0.25) is 0 Å². The molecule has 142 valence electrons. The summed E-state index contributed by atoms with van der Waals surface area (Å²) in [4.78, 5) is 0. The molecule has 0 saturated carbocycles. The van der Waals surface area contributed by atoms with Crippen molar-refractivity contribution in [3.8, 4) is 0 Å². The van der Waals surface area contributed by atoms with Gasteiger partial charge in [0.1, 0.15) is 0 Å². The van der Waals surface area contributed by atoms with Crippen molar-refractivity contribution in [3.63, 3.8) is 0 Å². The van der Waals surface area contributed by atoms with E-state index in [-0.39, 0.29) is 6.04 Å². The third-order valence-corrected chi connectivity index (χ3v) is 5.39. The van der Waals surface area contributed by atoms with Gasteiger partial charge in [-0.2, -0.15) is 0 Å². The number of hydrogen-bond donors (Lipinski definition) is 1. The molecule has 1 unspecified atom stereocenters. The third kappa shape index (κ3) is 7.33. The first-order valence-corrected chi connectivity index (χ1v) is 10.7. The Balaban J connectivity index is 1.78. The molecule has 2 aromatic rings. The lowest BCUT2D eigenvalue weighted by molar-refractivity contribution is 0.496. The molecule has 0 aliphatic heterocycles. The first kappa shape index (κ1) is 20.7. The summed E-state index contributed by atoms with van der Waals surface area (Å²) in [5.74, 6) is 0.298. The van der Waals surface area contributed by atoms with E-state index in [9.17, 15) is 0 Å². The summed E-state index contributed by atoms with van der Waals surface area (Å²) in [7, 11) is 0. The highest BCUT2D eigenvalue weighted by molar-refractivity contribution is 5.34. The first-order valence-electron chi connectivity index (χ1n) is 10.7. The zero-order chi connectivity index (χ0) is 18.5. The highest BCUT2D eigenvalue weighted by Crippen LogP contribution is 2.29. The Morgan fingerprint density at radius 3 is 1.50 bits per heavy atom. The van der Waals surface area contributed by atoms with Crippen molar-refractivity contribution in [3.05, 3.63) is 71.8 Å².